The Bertz CT molecular complexity index is 484. The van der Waals surface area contributed by atoms with Crippen LogP contribution in [0.3, 0.4) is 0 Å². The Morgan fingerprint density at radius 1 is 1.53 bits per heavy atom. The van der Waals surface area contributed by atoms with Gasteiger partial charge >= 0.3 is 0 Å². The Hall–Kier alpha value is -1.77. The molecule has 0 radical (unpaired) electrons. The highest BCUT2D eigenvalue weighted by Gasteiger charge is 2.25. The van der Waals surface area contributed by atoms with Crippen molar-refractivity contribution in [2.24, 2.45) is 0 Å². The van der Waals surface area contributed by atoms with Crippen molar-refractivity contribution < 1.29 is 9.84 Å². The molecule has 1 aliphatic rings. The Labute approximate surface area is 113 Å². The number of hydrogen-bond donors (Lipinski definition) is 2. The summed E-state index contributed by atoms with van der Waals surface area (Å²) in [4.78, 5) is 2.16. The summed E-state index contributed by atoms with van der Waals surface area (Å²) in [6, 6.07) is 7.85. The van der Waals surface area contributed by atoms with E-state index in [0.717, 1.165) is 17.8 Å². The molecule has 1 aliphatic heterocycles. The van der Waals surface area contributed by atoms with Gasteiger partial charge in [0.1, 0.15) is 0 Å². The maximum Gasteiger partial charge on any atom is 0.0984 e. The van der Waals surface area contributed by atoms with Crippen molar-refractivity contribution in [1.29, 1.82) is 5.26 Å². The number of nitrogens with zero attached hydrogens (tertiary/aromatic N) is 2. The Kier molecular flexibility index (Phi) is 4.25. The smallest absolute Gasteiger partial charge is 0.0984 e. The average molecular weight is 261 g/mol. The molecule has 0 aromatic heterocycles. The average Bonchev–Trinajstić information content (AvgIpc) is 2.40. The number of hydrogen-bond acceptors (Lipinski definition) is 5. The molecule has 0 amide bonds. The van der Waals surface area contributed by atoms with Crippen molar-refractivity contribution in [1.82, 2.24) is 0 Å². The van der Waals surface area contributed by atoms with E-state index < -0.39 is 0 Å². The lowest BCUT2D eigenvalue weighted by molar-refractivity contribution is -0.0421. The van der Waals surface area contributed by atoms with Crippen LogP contribution in [0, 0.1) is 11.3 Å². The van der Waals surface area contributed by atoms with Gasteiger partial charge in [0.05, 0.1) is 31.3 Å². The quantitative estimate of drug-likeness (QED) is 0.791. The van der Waals surface area contributed by atoms with Gasteiger partial charge in [0, 0.05) is 24.5 Å². The zero-order valence-corrected chi connectivity index (χ0v) is 11.0. The van der Waals surface area contributed by atoms with Crippen molar-refractivity contribution in [3.63, 3.8) is 0 Å². The second-order valence-electron chi connectivity index (χ2n) is 4.87. The summed E-state index contributed by atoms with van der Waals surface area (Å²) >= 11 is 0. The third kappa shape index (κ3) is 3.16. The molecule has 3 N–H and O–H groups in total. The van der Waals surface area contributed by atoms with Crippen LogP contribution in [0.15, 0.2) is 18.2 Å². The second kappa shape index (κ2) is 5.91. The van der Waals surface area contributed by atoms with Crippen LogP contribution >= 0.6 is 0 Å². The lowest BCUT2D eigenvalue weighted by Gasteiger charge is -2.37. The van der Waals surface area contributed by atoms with Crippen LogP contribution in [-0.2, 0) is 11.2 Å². The summed E-state index contributed by atoms with van der Waals surface area (Å²) in [5.74, 6) is 0. The summed E-state index contributed by atoms with van der Waals surface area (Å²) in [5.41, 5.74) is 8.36. The molecular formula is C14H19N3O2. The number of rotatable bonds is 3. The molecule has 0 aliphatic carbocycles. The fourth-order valence-corrected chi connectivity index (χ4v) is 2.38. The topological polar surface area (TPSA) is 82.5 Å². The standard InChI is InChI=1S/C14H19N3O2/c1-10-7-17(8-13(9-18)19-10)12-2-3-14(16)11(6-12)4-5-15/h2-3,6,10,13,18H,4,7-9,16H2,1H3. The van der Waals surface area contributed by atoms with Crippen molar-refractivity contribution in [2.45, 2.75) is 25.6 Å². The predicted octanol–water partition coefficient (Wildman–Crippen LogP) is 0.921. The molecule has 1 saturated heterocycles. The Morgan fingerprint density at radius 3 is 3.00 bits per heavy atom. The molecule has 2 unspecified atom stereocenters. The first-order valence-electron chi connectivity index (χ1n) is 6.40. The fourth-order valence-electron chi connectivity index (χ4n) is 2.38. The second-order valence-corrected chi connectivity index (χ2v) is 4.87. The first kappa shape index (κ1) is 13.7. The highest BCUT2D eigenvalue weighted by Crippen LogP contribution is 2.24. The van der Waals surface area contributed by atoms with Crippen molar-refractivity contribution in [2.75, 3.05) is 30.3 Å². The van der Waals surface area contributed by atoms with Gasteiger partial charge in [0.15, 0.2) is 0 Å². The molecular weight excluding hydrogens is 242 g/mol. The predicted molar refractivity (Wildman–Crippen MR) is 73.8 cm³/mol. The van der Waals surface area contributed by atoms with E-state index in [1.807, 2.05) is 25.1 Å². The molecule has 0 bridgehead atoms. The SMILES string of the molecule is CC1CN(c2ccc(N)c(CC#N)c2)CC(CO)O1. The molecule has 19 heavy (non-hydrogen) atoms. The number of aliphatic hydroxyl groups excluding tert-OH is 1. The molecule has 0 spiro atoms. The summed E-state index contributed by atoms with van der Waals surface area (Å²) < 4.78 is 5.62. The van der Waals surface area contributed by atoms with Crippen molar-refractivity contribution in [3.8, 4) is 6.07 Å². The number of aliphatic hydroxyl groups is 1. The van der Waals surface area contributed by atoms with Crippen LogP contribution in [0.1, 0.15) is 12.5 Å². The zero-order valence-electron chi connectivity index (χ0n) is 11.0. The Balaban J connectivity index is 2.21. The number of benzene rings is 1. The van der Waals surface area contributed by atoms with Crippen LogP contribution in [0.2, 0.25) is 0 Å². The molecule has 102 valence electrons. The third-order valence-electron chi connectivity index (χ3n) is 3.29. The van der Waals surface area contributed by atoms with Crippen LogP contribution in [-0.4, -0.2) is 37.0 Å². The molecule has 1 aromatic carbocycles. The van der Waals surface area contributed by atoms with Gasteiger partial charge in [0.2, 0.25) is 0 Å². The fraction of sp³-hybridized carbons (Fsp3) is 0.500. The minimum absolute atomic E-state index is 0.0147. The number of nitrogens with two attached hydrogens (primary N) is 1. The molecule has 1 fully saturated rings. The monoisotopic (exact) mass is 261 g/mol. The maximum absolute atomic E-state index is 9.24. The summed E-state index contributed by atoms with van der Waals surface area (Å²) in [5, 5.41) is 18.0. The summed E-state index contributed by atoms with van der Waals surface area (Å²) in [6.07, 6.45) is 0.215. The van der Waals surface area contributed by atoms with E-state index in [2.05, 4.69) is 11.0 Å². The van der Waals surface area contributed by atoms with Crippen LogP contribution < -0.4 is 10.6 Å². The number of nitrogen functional groups attached to an aromatic ring is 1. The van der Waals surface area contributed by atoms with Crippen LogP contribution in [0.5, 0.6) is 0 Å². The molecule has 2 rings (SSSR count). The molecule has 1 heterocycles. The first-order chi connectivity index (χ1) is 9.13. The number of anilines is 2. The van der Waals surface area contributed by atoms with E-state index in [-0.39, 0.29) is 18.8 Å². The van der Waals surface area contributed by atoms with Gasteiger partial charge in [-0.3, -0.25) is 0 Å². The van der Waals surface area contributed by atoms with Crippen molar-refractivity contribution in [3.05, 3.63) is 23.8 Å². The maximum atomic E-state index is 9.24. The van der Waals surface area contributed by atoms with Gasteiger partial charge in [-0.05, 0) is 30.7 Å². The molecule has 1 aromatic rings. The van der Waals surface area contributed by atoms with Gasteiger partial charge in [-0.2, -0.15) is 5.26 Å². The normalized spacial score (nSPS) is 23.1. The lowest BCUT2D eigenvalue weighted by atomic mass is 10.1. The van der Waals surface area contributed by atoms with Gasteiger partial charge < -0.3 is 20.5 Å². The molecule has 5 heteroatoms. The number of nitriles is 1. The Morgan fingerprint density at radius 2 is 2.32 bits per heavy atom. The highest BCUT2D eigenvalue weighted by molar-refractivity contribution is 5.59. The lowest BCUT2D eigenvalue weighted by Crippen LogP contribution is -2.48. The molecule has 0 saturated carbocycles. The zero-order chi connectivity index (χ0) is 13.8. The number of ether oxygens (including phenoxy) is 1. The van der Waals surface area contributed by atoms with E-state index in [9.17, 15) is 5.11 Å². The van der Waals surface area contributed by atoms with Gasteiger partial charge in [-0.15, -0.1) is 0 Å². The van der Waals surface area contributed by atoms with E-state index >= 15 is 0 Å². The van der Waals surface area contributed by atoms with Gasteiger partial charge in [-0.25, -0.2) is 0 Å². The van der Waals surface area contributed by atoms with E-state index in [0.29, 0.717) is 18.7 Å². The molecule has 5 nitrogen and oxygen atoms in total. The van der Waals surface area contributed by atoms with E-state index in [1.54, 1.807) is 0 Å². The third-order valence-corrected chi connectivity index (χ3v) is 3.29. The van der Waals surface area contributed by atoms with E-state index in [4.69, 9.17) is 15.7 Å². The minimum Gasteiger partial charge on any atom is -0.398 e. The van der Waals surface area contributed by atoms with Crippen LogP contribution in [0.4, 0.5) is 11.4 Å². The van der Waals surface area contributed by atoms with Gasteiger partial charge in [-0.1, -0.05) is 0 Å². The molecule has 2 atom stereocenters. The summed E-state index contributed by atoms with van der Waals surface area (Å²) in [7, 11) is 0. The largest absolute Gasteiger partial charge is 0.398 e. The summed E-state index contributed by atoms with van der Waals surface area (Å²) in [6.45, 7) is 3.42. The minimum atomic E-state index is -0.166. The highest BCUT2D eigenvalue weighted by atomic mass is 16.5. The van der Waals surface area contributed by atoms with Gasteiger partial charge in [0.25, 0.3) is 0 Å². The number of morpholine rings is 1. The first-order valence-corrected chi connectivity index (χ1v) is 6.40. The van der Waals surface area contributed by atoms with Crippen LogP contribution in [0.25, 0.3) is 0 Å². The van der Waals surface area contributed by atoms with E-state index in [1.165, 1.54) is 0 Å². The van der Waals surface area contributed by atoms with Crippen molar-refractivity contribution >= 4 is 11.4 Å².